The largest absolute Gasteiger partial charge is 0.385 e. The van der Waals surface area contributed by atoms with Crippen molar-refractivity contribution < 1.29 is 4.99 Å². The molecule has 1 heterocycles. The Morgan fingerprint density at radius 1 is 1.18 bits per heavy atom. The highest BCUT2D eigenvalue weighted by Crippen LogP contribution is 2.07. The number of rotatable bonds is 0. The van der Waals surface area contributed by atoms with Crippen LogP contribution in [-0.2, 0) is 0 Å². The number of nitrogens with two attached hydrogens (primary N) is 1. The number of hydrogen-bond acceptors (Lipinski definition) is 1. The third-order valence-electron chi connectivity index (χ3n) is 1.73. The molecular formula is C8H7N3. The zero-order chi connectivity index (χ0) is 7.84. The van der Waals surface area contributed by atoms with Crippen molar-refractivity contribution in [1.82, 2.24) is 0 Å². The first-order valence-corrected chi connectivity index (χ1v) is 3.34. The lowest BCUT2D eigenvalue weighted by Crippen LogP contribution is -2.75. The Labute approximate surface area is 64.1 Å². The fraction of sp³-hybridized carbons (Fsp3) is 0. The molecule has 0 saturated heterocycles. The second kappa shape index (κ2) is 1.92. The van der Waals surface area contributed by atoms with Crippen LogP contribution in [0, 0.1) is 0 Å². The second-order valence-electron chi connectivity index (χ2n) is 2.43. The van der Waals surface area contributed by atoms with Gasteiger partial charge in [-0.3, -0.25) is 0 Å². The Morgan fingerprint density at radius 3 is 2.45 bits per heavy atom. The molecule has 1 aromatic carbocycles. The molecule has 0 spiro atoms. The van der Waals surface area contributed by atoms with E-state index in [0.29, 0.717) is 5.84 Å². The number of amidine groups is 2. The van der Waals surface area contributed by atoms with Crippen molar-refractivity contribution in [2.24, 2.45) is 5.73 Å². The molecule has 1 aliphatic rings. The smallest absolute Gasteiger partial charge is 0.162 e. The Balaban J connectivity index is 2.71. The average Bonchev–Trinajstić information content (AvgIpc) is 2.30. The van der Waals surface area contributed by atoms with E-state index in [4.69, 9.17) is 5.73 Å². The molecule has 3 heteroatoms. The van der Waals surface area contributed by atoms with Gasteiger partial charge in [0.05, 0.1) is 0 Å². The molecule has 0 amide bonds. The van der Waals surface area contributed by atoms with Gasteiger partial charge < -0.3 is 10.7 Å². The molecule has 0 bridgehead atoms. The molecule has 2 rings (SSSR count). The van der Waals surface area contributed by atoms with Crippen LogP contribution in [0.4, 0.5) is 0 Å². The van der Waals surface area contributed by atoms with Crippen molar-refractivity contribution in [3.05, 3.63) is 40.8 Å². The monoisotopic (exact) mass is 145 g/mol. The normalized spacial score (nSPS) is 14.5. The van der Waals surface area contributed by atoms with Crippen molar-refractivity contribution >= 4 is 11.7 Å². The van der Waals surface area contributed by atoms with Crippen molar-refractivity contribution in [3.8, 4) is 0 Å². The van der Waals surface area contributed by atoms with Gasteiger partial charge in [-0.25, -0.2) is 0 Å². The molecule has 0 aliphatic carbocycles. The van der Waals surface area contributed by atoms with Crippen LogP contribution in [0.15, 0.2) is 24.3 Å². The highest BCUT2D eigenvalue weighted by atomic mass is 14.9. The summed E-state index contributed by atoms with van der Waals surface area (Å²) in [6.07, 6.45) is 0. The van der Waals surface area contributed by atoms with Crippen LogP contribution in [0.3, 0.4) is 0 Å². The number of benzene rings is 1. The summed E-state index contributed by atoms with van der Waals surface area (Å²) >= 11 is 0. The summed E-state index contributed by atoms with van der Waals surface area (Å²) in [5.74, 6) is 0.649. The minimum Gasteiger partial charge on any atom is -0.385 e. The van der Waals surface area contributed by atoms with E-state index in [1.807, 2.05) is 24.3 Å². The van der Waals surface area contributed by atoms with E-state index in [9.17, 15) is 5.41 Å². The fourth-order valence-electron chi connectivity index (χ4n) is 1.19. The van der Waals surface area contributed by atoms with Crippen LogP contribution in [0.5, 0.6) is 0 Å². The highest BCUT2D eigenvalue weighted by molar-refractivity contribution is 6.13. The van der Waals surface area contributed by atoms with E-state index < -0.39 is 0 Å². The van der Waals surface area contributed by atoms with Crippen LogP contribution in [0.2, 0.25) is 0 Å². The van der Waals surface area contributed by atoms with Crippen LogP contribution in [0.1, 0.15) is 11.1 Å². The molecule has 0 radical (unpaired) electrons. The fourth-order valence-corrected chi connectivity index (χ4v) is 1.19. The molecule has 0 unspecified atom stereocenters. The third-order valence-corrected chi connectivity index (χ3v) is 1.73. The van der Waals surface area contributed by atoms with Crippen molar-refractivity contribution in [3.63, 3.8) is 0 Å². The summed E-state index contributed by atoms with van der Waals surface area (Å²) in [7, 11) is 0. The minimum absolute atomic E-state index is 0.137. The van der Waals surface area contributed by atoms with Crippen molar-refractivity contribution in [2.45, 2.75) is 0 Å². The van der Waals surface area contributed by atoms with E-state index in [1.165, 1.54) is 0 Å². The van der Waals surface area contributed by atoms with Crippen molar-refractivity contribution in [1.29, 1.82) is 0 Å². The summed E-state index contributed by atoms with van der Waals surface area (Å²) < 4.78 is 0. The van der Waals surface area contributed by atoms with Crippen LogP contribution in [0.25, 0.3) is 5.41 Å². The Bertz CT molecular complexity index is 352. The number of fused-ring (bicyclic) bond motifs is 1. The predicted octanol–water partition coefficient (Wildman–Crippen LogP) is -1.20. The van der Waals surface area contributed by atoms with Gasteiger partial charge in [-0.15, -0.1) is 5.41 Å². The zero-order valence-corrected chi connectivity index (χ0v) is 5.83. The second-order valence-corrected chi connectivity index (χ2v) is 2.43. The van der Waals surface area contributed by atoms with Gasteiger partial charge in [0.15, 0.2) is 5.84 Å². The maximum atomic E-state index is 9.26. The number of hydrogen-bond donors (Lipinski definition) is 2. The minimum atomic E-state index is 0.137. The van der Waals surface area contributed by atoms with Gasteiger partial charge in [-0.1, -0.05) is 24.3 Å². The third kappa shape index (κ3) is 0.741. The quantitative estimate of drug-likeness (QED) is 0.473. The zero-order valence-electron chi connectivity index (χ0n) is 5.83. The molecule has 54 valence electrons. The average molecular weight is 145 g/mol. The Morgan fingerprint density at radius 2 is 1.82 bits per heavy atom. The van der Waals surface area contributed by atoms with Crippen LogP contribution < -0.4 is 10.7 Å². The lowest BCUT2D eigenvalue weighted by molar-refractivity contribution is -0.308. The van der Waals surface area contributed by atoms with E-state index in [2.05, 4.69) is 4.99 Å². The standard InChI is InChI=1S/C8H6N3/c9-7-5-3-1-2-4-6(5)8(10)11-7/h1-4H,(H2-,9,10,11)/q-1/p+1. The van der Waals surface area contributed by atoms with E-state index in [-0.39, 0.29) is 5.84 Å². The summed E-state index contributed by atoms with van der Waals surface area (Å²) in [6, 6.07) is 7.42. The lowest BCUT2D eigenvalue weighted by atomic mass is 10.1. The van der Waals surface area contributed by atoms with E-state index >= 15 is 0 Å². The van der Waals surface area contributed by atoms with Gasteiger partial charge in [-0.2, -0.15) is 0 Å². The molecule has 0 fully saturated rings. The highest BCUT2D eigenvalue weighted by Gasteiger charge is 2.15. The summed E-state index contributed by atoms with van der Waals surface area (Å²) in [4.78, 5) is 2.65. The summed E-state index contributed by atoms with van der Waals surface area (Å²) in [6.45, 7) is 0. The van der Waals surface area contributed by atoms with Gasteiger partial charge >= 0.3 is 0 Å². The number of nitrogens with zero attached hydrogens (tertiary/aromatic N) is 1. The first-order valence-electron chi connectivity index (χ1n) is 3.34. The SMILES string of the molecule is [N-]=C1[NH+]=C(N)c2ccccc21. The van der Waals surface area contributed by atoms with Gasteiger partial charge in [0, 0.05) is 11.1 Å². The van der Waals surface area contributed by atoms with Gasteiger partial charge in [0.2, 0.25) is 0 Å². The molecule has 3 nitrogen and oxygen atoms in total. The summed E-state index contributed by atoms with van der Waals surface area (Å²) in [5.41, 5.74) is 7.20. The van der Waals surface area contributed by atoms with Gasteiger partial charge in [0.1, 0.15) is 5.84 Å². The van der Waals surface area contributed by atoms with Gasteiger partial charge in [0.25, 0.3) is 0 Å². The lowest BCUT2D eigenvalue weighted by Gasteiger charge is -1.94. The van der Waals surface area contributed by atoms with E-state index in [1.54, 1.807) is 0 Å². The molecule has 0 atom stereocenters. The molecule has 11 heavy (non-hydrogen) atoms. The molecule has 0 saturated carbocycles. The Kier molecular flexibility index (Phi) is 1.06. The van der Waals surface area contributed by atoms with Gasteiger partial charge in [-0.05, 0) is 0 Å². The maximum absolute atomic E-state index is 9.26. The summed E-state index contributed by atoms with van der Waals surface area (Å²) in [5, 5.41) is 9.26. The molecule has 0 aromatic heterocycles. The number of nitrogen functional groups attached to an aromatic ring is 1. The van der Waals surface area contributed by atoms with Crippen LogP contribution >= 0.6 is 0 Å². The molecular weight excluding hydrogens is 138 g/mol. The van der Waals surface area contributed by atoms with Crippen molar-refractivity contribution in [2.75, 3.05) is 0 Å². The van der Waals surface area contributed by atoms with Crippen LogP contribution in [-0.4, -0.2) is 11.7 Å². The Hall–Kier alpha value is -1.64. The molecule has 3 N–H and O–H groups in total. The first kappa shape index (κ1) is 6.09. The number of nitrogens with one attached hydrogen (secondary N) is 1. The first-order chi connectivity index (χ1) is 5.29. The van der Waals surface area contributed by atoms with E-state index in [0.717, 1.165) is 11.1 Å². The molecule has 1 aliphatic heterocycles. The topological polar surface area (TPSA) is 62.3 Å². The maximum Gasteiger partial charge on any atom is 0.162 e. The predicted molar refractivity (Wildman–Crippen MR) is 43.2 cm³/mol. The molecule has 1 aromatic rings.